The average Bonchev–Trinajstić information content (AvgIpc) is 3.45. The maximum Gasteiger partial charge on any atom is 0.192 e. The molecule has 3 heterocycles. The van der Waals surface area contributed by atoms with Gasteiger partial charge in [-0.25, -0.2) is 13.9 Å². The van der Waals surface area contributed by atoms with Gasteiger partial charge in [0.2, 0.25) is 0 Å². The maximum absolute atomic E-state index is 12.6. The van der Waals surface area contributed by atoms with Crippen LogP contribution in [0.3, 0.4) is 0 Å². The molecule has 5 rings (SSSR count). The van der Waals surface area contributed by atoms with Crippen molar-refractivity contribution in [2.24, 2.45) is 17.0 Å². The zero-order valence-electron chi connectivity index (χ0n) is 33.0. The molecule has 1 aliphatic carbocycles. The largest absolute Gasteiger partial charge is 0.417 e. The zero-order chi connectivity index (χ0) is 37.6. The fourth-order valence-corrected chi connectivity index (χ4v) is 8.61. The third-order valence-corrected chi connectivity index (χ3v) is 22.2. The van der Waals surface area contributed by atoms with Crippen LogP contribution in [0, 0.1) is 11.8 Å². The summed E-state index contributed by atoms with van der Waals surface area (Å²) in [5.74, 6) is 1.88. The lowest BCUT2D eigenvalue weighted by atomic mass is 9.66. The fraction of sp³-hybridized carbons (Fsp3) is 0.575. The Morgan fingerprint density at radius 3 is 2.18 bits per heavy atom. The van der Waals surface area contributed by atoms with Crippen molar-refractivity contribution in [3.63, 3.8) is 0 Å². The topological polar surface area (TPSA) is 105 Å². The summed E-state index contributed by atoms with van der Waals surface area (Å²) in [6, 6.07) is 18.7. The molecule has 0 amide bonds. The quantitative estimate of drug-likeness (QED) is 0.137. The Morgan fingerprint density at radius 1 is 0.882 bits per heavy atom. The molecule has 0 spiro atoms. The minimum Gasteiger partial charge on any atom is -0.417 e. The summed E-state index contributed by atoms with van der Waals surface area (Å²) >= 11 is 0. The fourth-order valence-electron chi connectivity index (χ4n) is 6.23. The van der Waals surface area contributed by atoms with E-state index in [0.717, 1.165) is 58.8 Å². The lowest BCUT2D eigenvalue weighted by Gasteiger charge is -2.44. The Balaban J connectivity index is 1.39. The highest BCUT2D eigenvalue weighted by Crippen LogP contribution is 2.48. The minimum atomic E-state index is -1.91. The summed E-state index contributed by atoms with van der Waals surface area (Å²) in [7, 11) is -5.17. The third-order valence-electron chi connectivity index (χ3n) is 12.0. The molecule has 0 aliphatic heterocycles. The van der Waals surface area contributed by atoms with E-state index in [4.69, 9.17) is 29.1 Å². The van der Waals surface area contributed by atoms with Gasteiger partial charge in [0, 0.05) is 29.2 Å². The lowest BCUT2D eigenvalue weighted by molar-refractivity contribution is 0.0893. The summed E-state index contributed by atoms with van der Waals surface area (Å²) in [5, 5.41) is 12.1. The van der Waals surface area contributed by atoms with E-state index in [-0.39, 0.29) is 16.0 Å². The molecular weight excluding hydrogens is 687 g/mol. The molecule has 1 aromatic carbocycles. The first-order valence-electron chi connectivity index (χ1n) is 18.4. The smallest absolute Gasteiger partial charge is 0.192 e. The number of hydrogen-bond acceptors (Lipinski definition) is 6. The highest BCUT2D eigenvalue weighted by atomic mass is 32.2. The van der Waals surface area contributed by atoms with Crippen LogP contribution in [0.4, 0.5) is 0 Å². The Morgan fingerprint density at radius 2 is 1.53 bits per heavy atom. The minimum absolute atomic E-state index is 0.129. The number of aromatic nitrogens is 4. The van der Waals surface area contributed by atoms with Gasteiger partial charge in [0.15, 0.2) is 22.5 Å². The van der Waals surface area contributed by atoms with Crippen LogP contribution in [0.2, 0.25) is 36.3 Å². The molecule has 11 heteroatoms. The van der Waals surface area contributed by atoms with Gasteiger partial charge < -0.3 is 8.85 Å². The maximum atomic E-state index is 12.6. The molecule has 1 aliphatic rings. The highest BCUT2D eigenvalue weighted by Gasteiger charge is 2.43. The van der Waals surface area contributed by atoms with Crippen LogP contribution in [-0.4, -0.2) is 51.9 Å². The number of fused-ring (bicyclic) bond motifs is 1. The number of rotatable bonds is 13. The molecule has 1 fully saturated rings. The lowest BCUT2D eigenvalue weighted by Crippen LogP contribution is -2.44. The Kier molecular flexibility index (Phi) is 11.4. The molecule has 278 valence electrons. The number of nitrogens with zero attached hydrogens (tertiary/aromatic N) is 4. The number of hydrogen-bond donors (Lipinski definition) is 1. The summed E-state index contributed by atoms with van der Waals surface area (Å²) in [6.07, 6.45) is 4.75. The van der Waals surface area contributed by atoms with Gasteiger partial charge in [-0.2, -0.15) is 5.10 Å². The molecule has 2 N–H and O–H groups in total. The predicted octanol–water partition coefficient (Wildman–Crippen LogP) is 9.93. The first-order valence-corrected chi connectivity index (χ1v) is 25.5. The first-order chi connectivity index (χ1) is 23.6. The second kappa shape index (κ2) is 14.7. The van der Waals surface area contributed by atoms with Crippen LogP contribution in [0.5, 0.6) is 0 Å². The van der Waals surface area contributed by atoms with Crippen molar-refractivity contribution >= 4 is 38.5 Å². The van der Waals surface area contributed by atoms with E-state index >= 15 is 0 Å². The van der Waals surface area contributed by atoms with E-state index in [1.807, 2.05) is 42.9 Å². The monoisotopic (exact) mass is 747 g/mol. The van der Waals surface area contributed by atoms with E-state index in [1.54, 1.807) is 0 Å². The van der Waals surface area contributed by atoms with E-state index in [0.29, 0.717) is 24.9 Å². The number of pyridine rings is 2. The van der Waals surface area contributed by atoms with Crippen molar-refractivity contribution in [1.29, 1.82) is 0 Å². The van der Waals surface area contributed by atoms with E-state index in [1.165, 1.54) is 0 Å². The molecule has 4 aromatic rings. The van der Waals surface area contributed by atoms with Gasteiger partial charge in [-0.1, -0.05) is 65.8 Å². The standard InChI is InChI=1S/C40H61N5O3SSi2/c1-38(2,3)50(9,10)47-26-28-21-31(22-28)33(24-40(7,8)49(41)46)35-17-14-16-34(44-35)29-19-20-30-25-42-45(36(30)23-29)37-18-13-15-32(43-37)27-48-51(11,12)39(4,5)6/h13-20,23,25,28,31,33H,21-22,24,26-27,41H2,1-12H3/t28?,31?,33-,49?/m1/s1. The van der Waals surface area contributed by atoms with Crippen molar-refractivity contribution < 1.29 is 13.1 Å². The molecule has 0 saturated heterocycles. The van der Waals surface area contributed by atoms with Crippen molar-refractivity contribution in [3.05, 3.63) is 72.2 Å². The van der Waals surface area contributed by atoms with Gasteiger partial charge in [0.1, 0.15) is 0 Å². The number of benzene rings is 1. The van der Waals surface area contributed by atoms with Gasteiger partial charge in [-0.15, -0.1) is 0 Å². The van der Waals surface area contributed by atoms with Gasteiger partial charge in [0.05, 0.1) is 45.4 Å². The SMILES string of the molecule is CC(C)(C[C@@H](c1cccc(-c2ccc3cnn(-c4cccc(CO[Si](C)(C)C(C)(C)C)n4)c3c2)n1)C1CC(CO[Si](C)(C)C(C)(C)C)C1)S(N)=O. The van der Waals surface area contributed by atoms with E-state index in [2.05, 4.69) is 104 Å². The van der Waals surface area contributed by atoms with Crippen LogP contribution < -0.4 is 5.14 Å². The Labute approximate surface area is 311 Å². The molecule has 2 atom stereocenters. The normalized spacial score (nSPS) is 18.8. The molecule has 51 heavy (non-hydrogen) atoms. The molecular formula is C40H61N5O3SSi2. The first kappa shape index (κ1) is 39.7. The van der Waals surface area contributed by atoms with E-state index in [9.17, 15) is 4.21 Å². The van der Waals surface area contributed by atoms with Gasteiger partial charge in [-0.3, -0.25) is 10.1 Å². The Bertz CT molecular complexity index is 1850. The second-order valence-electron chi connectivity index (χ2n) is 18.4. The van der Waals surface area contributed by atoms with Crippen LogP contribution in [0.15, 0.2) is 60.8 Å². The van der Waals surface area contributed by atoms with Crippen molar-refractivity contribution in [3.8, 4) is 17.1 Å². The summed E-state index contributed by atoms with van der Waals surface area (Å²) in [4.78, 5) is 10.2. The number of nitrogens with two attached hydrogens (primary N) is 1. The molecule has 1 saturated carbocycles. The highest BCUT2D eigenvalue weighted by molar-refractivity contribution is 7.84. The summed E-state index contributed by atoms with van der Waals surface area (Å²) in [6.45, 7) is 28.1. The molecule has 1 unspecified atom stereocenters. The van der Waals surface area contributed by atoms with Gasteiger partial charge in [0.25, 0.3) is 0 Å². The Hall–Kier alpha value is -2.55. The predicted molar refractivity (Wildman–Crippen MR) is 217 cm³/mol. The summed E-state index contributed by atoms with van der Waals surface area (Å²) < 4.78 is 27.1. The van der Waals surface area contributed by atoms with Crippen molar-refractivity contribution in [2.75, 3.05) is 6.61 Å². The zero-order valence-corrected chi connectivity index (χ0v) is 35.9. The summed E-state index contributed by atoms with van der Waals surface area (Å²) in [5.41, 5.74) is 4.81. The molecule has 0 radical (unpaired) electrons. The van der Waals surface area contributed by atoms with E-state index < -0.39 is 32.4 Å². The van der Waals surface area contributed by atoms with Gasteiger partial charge in [-0.05, 0) is 112 Å². The average molecular weight is 748 g/mol. The molecule has 3 aromatic heterocycles. The second-order valence-corrected chi connectivity index (χ2v) is 29.7. The van der Waals surface area contributed by atoms with Gasteiger partial charge >= 0.3 is 0 Å². The van der Waals surface area contributed by atoms with Crippen LogP contribution in [0.1, 0.15) is 92.0 Å². The van der Waals surface area contributed by atoms with Crippen molar-refractivity contribution in [2.45, 2.75) is 128 Å². The molecule has 0 bridgehead atoms. The van der Waals surface area contributed by atoms with Crippen LogP contribution in [0.25, 0.3) is 28.0 Å². The molecule has 8 nitrogen and oxygen atoms in total. The third kappa shape index (κ3) is 8.99. The van der Waals surface area contributed by atoms with Crippen LogP contribution in [-0.2, 0) is 26.4 Å². The van der Waals surface area contributed by atoms with Crippen molar-refractivity contribution in [1.82, 2.24) is 19.7 Å². The van der Waals surface area contributed by atoms with Crippen LogP contribution >= 0.6 is 0 Å².